The minimum atomic E-state index is -0.705. The number of carbonyl (C=O) groups is 1. The van der Waals surface area contributed by atoms with E-state index in [2.05, 4.69) is 4.74 Å². The number of methoxy groups -OCH3 is 1. The van der Waals surface area contributed by atoms with E-state index in [-0.39, 0.29) is 24.4 Å². The molecule has 1 atom stereocenters. The van der Waals surface area contributed by atoms with Crippen LogP contribution in [-0.4, -0.2) is 42.4 Å². The van der Waals surface area contributed by atoms with Crippen LogP contribution in [0.4, 0.5) is 11.4 Å². The van der Waals surface area contributed by atoms with Gasteiger partial charge in [-0.25, -0.2) is 4.79 Å². The Morgan fingerprint density at radius 3 is 2.89 bits per heavy atom. The zero-order valence-electron chi connectivity index (χ0n) is 10.1. The number of aliphatic hydroxyl groups is 1. The lowest BCUT2D eigenvalue weighted by atomic mass is 10.1. The number of hydrogen-bond donors (Lipinski definition) is 1. The van der Waals surface area contributed by atoms with Crippen LogP contribution in [0, 0.1) is 10.1 Å². The maximum atomic E-state index is 11.7. The van der Waals surface area contributed by atoms with E-state index in [0.717, 1.165) is 6.07 Å². The van der Waals surface area contributed by atoms with Crippen molar-refractivity contribution in [3.8, 4) is 0 Å². The van der Waals surface area contributed by atoms with Crippen LogP contribution in [-0.2, 0) is 9.57 Å². The maximum absolute atomic E-state index is 11.7. The molecular weight excluding hydrogens is 256 g/mol. The van der Waals surface area contributed by atoms with Crippen molar-refractivity contribution in [2.75, 3.05) is 25.3 Å². The van der Waals surface area contributed by atoms with E-state index in [1.54, 1.807) is 0 Å². The Bertz CT molecular complexity index is 518. The number of hydrogen-bond acceptors (Lipinski definition) is 7. The Kier molecular flexibility index (Phi) is 3.63. The summed E-state index contributed by atoms with van der Waals surface area (Å²) in [7, 11) is 1.19. The molecule has 1 N–H and O–H groups in total. The van der Waals surface area contributed by atoms with E-state index in [4.69, 9.17) is 4.84 Å². The molecule has 1 saturated heterocycles. The molecule has 2 rings (SSSR count). The molecule has 102 valence electrons. The number of β-amino-alcohol motifs (C(OH)–C–C–N with tert-alkyl or cyclic N) is 1. The topological polar surface area (TPSA) is 102 Å². The van der Waals surface area contributed by atoms with E-state index in [1.165, 1.54) is 24.3 Å². The van der Waals surface area contributed by atoms with Crippen molar-refractivity contribution in [3.63, 3.8) is 0 Å². The lowest BCUT2D eigenvalue weighted by molar-refractivity contribution is -0.384. The molecule has 8 heteroatoms. The standard InChI is InChI=1S/C11H12N2O6/c1-18-11(15)9-4-7(13(16)17)2-3-10(9)12-5-8(14)6-19-12/h2-4,8,14H,5-6H2,1H3/t8-/m0/s1. The third kappa shape index (κ3) is 2.64. The fourth-order valence-electron chi connectivity index (χ4n) is 1.77. The van der Waals surface area contributed by atoms with Gasteiger partial charge in [-0.1, -0.05) is 0 Å². The molecule has 1 aliphatic rings. The highest BCUT2D eigenvalue weighted by molar-refractivity contribution is 5.96. The number of non-ortho nitro benzene ring substituents is 1. The SMILES string of the molecule is COC(=O)c1cc([N+](=O)[O-])ccc1N1C[C@H](O)CO1. The number of benzene rings is 1. The van der Waals surface area contributed by atoms with Gasteiger partial charge in [0.25, 0.3) is 5.69 Å². The van der Waals surface area contributed by atoms with E-state index >= 15 is 0 Å². The molecule has 0 spiro atoms. The first-order chi connectivity index (χ1) is 9.02. The molecule has 0 aromatic heterocycles. The number of carbonyl (C=O) groups excluding carboxylic acids is 1. The second-order valence-electron chi connectivity index (χ2n) is 3.96. The quantitative estimate of drug-likeness (QED) is 0.483. The fraction of sp³-hybridized carbons (Fsp3) is 0.364. The third-order valence-corrected chi connectivity index (χ3v) is 2.66. The normalized spacial score (nSPS) is 18.4. The van der Waals surface area contributed by atoms with Crippen LogP contribution in [0.1, 0.15) is 10.4 Å². The van der Waals surface area contributed by atoms with Crippen LogP contribution in [0.2, 0.25) is 0 Å². The molecule has 0 unspecified atom stereocenters. The van der Waals surface area contributed by atoms with Crippen LogP contribution in [0.5, 0.6) is 0 Å². The summed E-state index contributed by atoms with van der Waals surface area (Å²) >= 11 is 0. The minimum absolute atomic E-state index is 0.0193. The molecule has 1 fully saturated rings. The molecule has 19 heavy (non-hydrogen) atoms. The van der Waals surface area contributed by atoms with Gasteiger partial charge >= 0.3 is 5.97 Å². The molecule has 1 heterocycles. The Labute approximate surface area is 108 Å². The number of nitro benzene ring substituents is 1. The molecular formula is C11H12N2O6. The highest BCUT2D eigenvalue weighted by Crippen LogP contribution is 2.28. The monoisotopic (exact) mass is 268 g/mol. The van der Waals surface area contributed by atoms with Crippen molar-refractivity contribution in [1.82, 2.24) is 0 Å². The first-order valence-electron chi connectivity index (χ1n) is 5.48. The summed E-state index contributed by atoms with van der Waals surface area (Å²) in [5, 5.41) is 21.4. The summed E-state index contributed by atoms with van der Waals surface area (Å²) < 4.78 is 4.59. The van der Waals surface area contributed by atoms with Gasteiger partial charge < -0.3 is 9.84 Å². The summed E-state index contributed by atoms with van der Waals surface area (Å²) in [6, 6.07) is 3.77. The van der Waals surface area contributed by atoms with Gasteiger partial charge in [0.2, 0.25) is 0 Å². The molecule has 1 aromatic rings. The van der Waals surface area contributed by atoms with Crippen LogP contribution < -0.4 is 5.06 Å². The number of anilines is 1. The van der Waals surface area contributed by atoms with Gasteiger partial charge in [0.05, 0.1) is 35.9 Å². The Morgan fingerprint density at radius 1 is 1.63 bits per heavy atom. The average Bonchev–Trinajstić information content (AvgIpc) is 2.83. The smallest absolute Gasteiger partial charge is 0.340 e. The number of rotatable bonds is 3. The summed E-state index contributed by atoms with van der Waals surface area (Å²) in [6.45, 7) is 0.291. The van der Waals surface area contributed by atoms with Crippen molar-refractivity contribution >= 4 is 17.3 Å². The van der Waals surface area contributed by atoms with Crippen LogP contribution in [0.3, 0.4) is 0 Å². The average molecular weight is 268 g/mol. The Morgan fingerprint density at radius 2 is 2.37 bits per heavy atom. The number of ether oxygens (including phenoxy) is 1. The molecule has 1 aliphatic heterocycles. The van der Waals surface area contributed by atoms with Crippen molar-refractivity contribution in [2.45, 2.75) is 6.10 Å². The van der Waals surface area contributed by atoms with Crippen molar-refractivity contribution < 1.29 is 24.4 Å². The molecule has 0 saturated carbocycles. The van der Waals surface area contributed by atoms with Crippen molar-refractivity contribution in [3.05, 3.63) is 33.9 Å². The molecule has 0 bridgehead atoms. The van der Waals surface area contributed by atoms with E-state index in [1.807, 2.05) is 0 Å². The summed E-state index contributed by atoms with van der Waals surface area (Å²) in [5.74, 6) is -0.705. The van der Waals surface area contributed by atoms with Gasteiger partial charge in [-0.15, -0.1) is 0 Å². The van der Waals surface area contributed by atoms with Crippen LogP contribution in [0.15, 0.2) is 18.2 Å². The highest BCUT2D eigenvalue weighted by Gasteiger charge is 2.27. The largest absolute Gasteiger partial charge is 0.465 e. The summed E-state index contributed by atoms with van der Waals surface area (Å²) in [6.07, 6.45) is -0.666. The predicted molar refractivity (Wildman–Crippen MR) is 63.7 cm³/mol. The third-order valence-electron chi connectivity index (χ3n) is 2.66. The number of hydroxylamine groups is 1. The van der Waals surface area contributed by atoms with Crippen LogP contribution in [0.25, 0.3) is 0 Å². The molecule has 1 aromatic carbocycles. The lowest BCUT2D eigenvalue weighted by Gasteiger charge is -2.18. The van der Waals surface area contributed by atoms with Gasteiger partial charge in [-0.2, -0.15) is 0 Å². The van der Waals surface area contributed by atoms with Gasteiger partial charge in [-0.05, 0) is 6.07 Å². The molecule has 0 aliphatic carbocycles. The predicted octanol–water partition coefficient (Wildman–Crippen LogP) is 0.494. The summed E-state index contributed by atoms with van der Waals surface area (Å²) in [5.41, 5.74) is 0.128. The highest BCUT2D eigenvalue weighted by atomic mass is 16.7. The zero-order chi connectivity index (χ0) is 14.0. The molecule has 0 radical (unpaired) electrons. The zero-order valence-corrected chi connectivity index (χ0v) is 10.1. The van der Waals surface area contributed by atoms with Gasteiger partial charge in [0.15, 0.2) is 0 Å². The van der Waals surface area contributed by atoms with Gasteiger partial charge in [0.1, 0.15) is 6.61 Å². The van der Waals surface area contributed by atoms with Crippen molar-refractivity contribution in [2.24, 2.45) is 0 Å². The number of nitro groups is 1. The number of nitrogens with zero attached hydrogens (tertiary/aromatic N) is 2. The van der Waals surface area contributed by atoms with E-state index in [9.17, 15) is 20.0 Å². The van der Waals surface area contributed by atoms with Gasteiger partial charge in [-0.3, -0.25) is 20.0 Å². The molecule has 8 nitrogen and oxygen atoms in total. The lowest BCUT2D eigenvalue weighted by Crippen LogP contribution is -2.22. The first-order valence-corrected chi connectivity index (χ1v) is 5.48. The van der Waals surface area contributed by atoms with Crippen LogP contribution >= 0.6 is 0 Å². The fourth-order valence-corrected chi connectivity index (χ4v) is 1.77. The number of esters is 1. The first kappa shape index (κ1) is 13.2. The summed E-state index contributed by atoms with van der Waals surface area (Å²) in [4.78, 5) is 27.0. The second-order valence-corrected chi connectivity index (χ2v) is 3.96. The second kappa shape index (κ2) is 5.21. The molecule has 0 amide bonds. The Balaban J connectivity index is 2.42. The minimum Gasteiger partial charge on any atom is -0.465 e. The van der Waals surface area contributed by atoms with Gasteiger partial charge in [0, 0.05) is 12.1 Å². The number of aliphatic hydroxyl groups excluding tert-OH is 1. The van der Waals surface area contributed by atoms with Crippen molar-refractivity contribution in [1.29, 1.82) is 0 Å². The van der Waals surface area contributed by atoms with E-state index < -0.39 is 17.0 Å². The Hall–Kier alpha value is -2.19. The van der Waals surface area contributed by atoms with E-state index in [0.29, 0.717) is 5.69 Å². The maximum Gasteiger partial charge on any atom is 0.340 e.